The molecule has 1 rings (SSSR count). The van der Waals surface area contributed by atoms with Crippen molar-refractivity contribution in [1.29, 1.82) is 0 Å². The summed E-state index contributed by atoms with van der Waals surface area (Å²) in [7, 11) is 1.49. The monoisotopic (exact) mass is 280 g/mol. The highest BCUT2D eigenvalue weighted by atomic mass is 16.5. The van der Waals surface area contributed by atoms with Gasteiger partial charge in [0.2, 0.25) is 5.88 Å². The molecule has 1 atom stereocenters. The third-order valence-electron chi connectivity index (χ3n) is 3.40. The summed E-state index contributed by atoms with van der Waals surface area (Å²) in [6, 6.07) is 3.17. The van der Waals surface area contributed by atoms with Crippen molar-refractivity contribution in [3.63, 3.8) is 0 Å². The quantitative estimate of drug-likeness (QED) is 0.828. The Balaban J connectivity index is 2.87. The highest BCUT2D eigenvalue weighted by molar-refractivity contribution is 5.94. The minimum absolute atomic E-state index is 0.0197. The number of ether oxygens (including phenoxy) is 1. The molecule has 0 aromatic carbocycles. The standard InChI is InChI=1S/C14H20N2O4/c1-9(2)14(3,7-12(17)18)16-13(19)10-5-6-11(20-4)15-8-10/h5-6,8-9H,7H2,1-4H3,(H,16,19)(H,17,18). The van der Waals surface area contributed by atoms with Crippen LogP contribution in [-0.2, 0) is 4.79 Å². The van der Waals surface area contributed by atoms with E-state index < -0.39 is 11.5 Å². The molecule has 6 nitrogen and oxygen atoms in total. The zero-order valence-electron chi connectivity index (χ0n) is 12.1. The van der Waals surface area contributed by atoms with Gasteiger partial charge in [0, 0.05) is 12.3 Å². The molecule has 0 aliphatic rings. The Morgan fingerprint density at radius 1 is 1.45 bits per heavy atom. The lowest BCUT2D eigenvalue weighted by Crippen LogP contribution is -2.51. The molecule has 110 valence electrons. The number of hydrogen-bond donors (Lipinski definition) is 2. The molecule has 1 aromatic heterocycles. The van der Waals surface area contributed by atoms with Gasteiger partial charge in [0.15, 0.2) is 0 Å². The van der Waals surface area contributed by atoms with Gasteiger partial charge in [-0.3, -0.25) is 9.59 Å². The van der Waals surface area contributed by atoms with Crippen LogP contribution in [0.15, 0.2) is 18.3 Å². The van der Waals surface area contributed by atoms with Crippen LogP contribution in [0.1, 0.15) is 37.6 Å². The van der Waals surface area contributed by atoms with Crippen LogP contribution in [0.5, 0.6) is 5.88 Å². The fourth-order valence-corrected chi connectivity index (χ4v) is 1.67. The van der Waals surface area contributed by atoms with Gasteiger partial charge in [0.25, 0.3) is 5.91 Å². The number of amides is 1. The fourth-order valence-electron chi connectivity index (χ4n) is 1.67. The predicted molar refractivity (Wildman–Crippen MR) is 73.8 cm³/mol. The first kappa shape index (κ1) is 15.9. The molecule has 0 radical (unpaired) electrons. The van der Waals surface area contributed by atoms with Crippen LogP contribution in [0, 0.1) is 5.92 Å². The Morgan fingerprint density at radius 2 is 2.10 bits per heavy atom. The summed E-state index contributed by atoms with van der Waals surface area (Å²) in [4.78, 5) is 27.1. The van der Waals surface area contributed by atoms with E-state index in [0.717, 1.165) is 0 Å². The van der Waals surface area contributed by atoms with Gasteiger partial charge in [-0.15, -0.1) is 0 Å². The Labute approximate surface area is 118 Å². The maximum atomic E-state index is 12.2. The van der Waals surface area contributed by atoms with E-state index in [9.17, 15) is 9.59 Å². The van der Waals surface area contributed by atoms with Gasteiger partial charge >= 0.3 is 5.97 Å². The van der Waals surface area contributed by atoms with Crippen LogP contribution in [0.25, 0.3) is 0 Å². The van der Waals surface area contributed by atoms with Gasteiger partial charge in [0.1, 0.15) is 0 Å². The van der Waals surface area contributed by atoms with E-state index in [1.165, 1.54) is 13.3 Å². The van der Waals surface area contributed by atoms with Gasteiger partial charge in [-0.2, -0.15) is 0 Å². The van der Waals surface area contributed by atoms with E-state index in [-0.39, 0.29) is 18.2 Å². The summed E-state index contributed by atoms with van der Waals surface area (Å²) in [5.74, 6) is -0.903. The first-order chi connectivity index (χ1) is 9.28. The van der Waals surface area contributed by atoms with Crippen LogP contribution in [0.4, 0.5) is 0 Å². The largest absolute Gasteiger partial charge is 0.481 e. The van der Waals surface area contributed by atoms with Crippen molar-refractivity contribution in [2.24, 2.45) is 5.92 Å². The molecule has 0 fully saturated rings. The predicted octanol–water partition coefficient (Wildman–Crippen LogP) is 1.71. The summed E-state index contributed by atoms with van der Waals surface area (Å²) in [6.45, 7) is 5.46. The number of nitrogens with one attached hydrogen (secondary N) is 1. The van der Waals surface area contributed by atoms with Crippen LogP contribution < -0.4 is 10.1 Å². The van der Waals surface area contributed by atoms with Gasteiger partial charge in [0.05, 0.1) is 24.6 Å². The summed E-state index contributed by atoms with van der Waals surface area (Å²) in [6.07, 6.45) is 1.26. The zero-order valence-corrected chi connectivity index (χ0v) is 12.1. The molecule has 0 aliphatic heterocycles. The van der Waals surface area contributed by atoms with Crippen LogP contribution in [-0.4, -0.2) is 34.6 Å². The minimum Gasteiger partial charge on any atom is -0.481 e. The second kappa shape index (κ2) is 6.36. The summed E-state index contributed by atoms with van der Waals surface area (Å²) in [5.41, 5.74) is -0.453. The maximum absolute atomic E-state index is 12.2. The third-order valence-corrected chi connectivity index (χ3v) is 3.40. The normalized spacial score (nSPS) is 13.7. The average Bonchev–Trinajstić information content (AvgIpc) is 2.37. The van der Waals surface area contributed by atoms with Crippen molar-refractivity contribution >= 4 is 11.9 Å². The summed E-state index contributed by atoms with van der Waals surface area (Å²) in [5, 5.41) is 11.7. The smallest absolute Gasteiger partial charge is 0.305 e. The molecule has 0 saturated carbocycles. The highest BCUT2D eigenvalue weighted by Crippen LogP contribution is 2.21. The van der Waals surface area contributed by atoms with Crippen molar-refractivity contribution < 1.29 is 19.4 Å². The van der Waals surface area contributed by atoms with Crippen molar-refractivity contribution in [2.75, 3.05) is 7.11 Å². The fraction of sp³-hybridized carbons (Fsp3) is 0.500. The number of rotatable bonds is 6. The molecule has 0 saturated heterocycles. The van der Waals surface area contributed by atoms with Gasteiger partial charge in [-0.05, 0) is 18.9 Å². The molecule has 1 aromatic rings. The topological polar surface area (TPSA) is 88.5 Å². The summed E-state index contributed by atoms with van der Waals surface area (Å²) < 4.78 is 4.92. The molecule has 1 amide bonds. The van der Waals surface area contributed by atoms with Crippen LogP contribution in [0.3, 0.4) is 0 Å². The number of aliphatic carboxylic acids is 1. The molecule has 0 bridgehead atoms. The van der Waals surface area contributed by atoms with E-state index in [4.69, 9.17) is 9.84 Å². The third kappa shape index (κ3) is 3.94. The molecule has 20 heavy (non-hydrogen) atoms. The van der Waals surface area contributed by atoms with Crippen molar-refractivity contribution in [2.45, 2.75) is 32.7 Å². The number of pyridine rings is 1. The number of carboxylic acid groups (broad SMARTS) is 1. The number of carboxylic acids is 1. The molecule has 2 N–H and O–H groups in total. The number of methoxy groups -OCH3 is 1. The molecule has 6 heteroatoms. The number of carbonyl (C=O) groups excluding carboxylic acids is 1. The Bertz CT molecular complexity index is 484. The molecular formula is C14H20N2O4. The highest BCUT2D eigenvalue weighted by Gasteiger charge is 2.33. The summed E-state index contributed by atoms with van der Waals surface area (Å²) >= 11 is 0. The second-order valence-corrected chi connectivity index (χ2v) is 5.19. The van der Waals surface area contributed by atoms with Crippen LogP contribution >= 0.6 is 0 Å². The second-order valence-electron chi connectivity index (χ2n) is 5.19. The zero-order chi connectivity index (χ0) is 15.3. The lowest BCUT2D eigenvalue weighted by molar-refractivity contribution is -0.138. The number of aromatic nitrogens is 1. The van der Waals surface area contributed by atoms with Crippen molar-refractivity contribution in [1.82, 2.24) is 10.3 Å². The lowest BCUT2D eigenvalue weighted by Gasteiger charge is -2.33. The number of nitrogens with zero attached hydrogens (tertiary/aromatic N) is 1. The molecule has 1 unspecified atom stereocenters. The van der Waals surface area contributed by atoms with E-state index >= 15 is 0 Å². The van der Waals surface area contributed by atoms with Gasteiger partial charge in [-0.25, -0.2) is 4.98 Å². The first-order valence-electron chi connectivity index (χ1n) is 6.33. The van der Waals surface area contributed by atoms with E-state index in [1.807, 2.05) is 13.8 Å². The first-order valence-corrected chi connectivity index (χ1v) is 6.33. The average molecular weight is 280 g/mol. The van der Waals surface area contributed by atoms with E-state index in [2.05, 4.69) is 10.3 Å². The molecule has 1 heterocycles. The number of hydrogen-bond acceptors (Lipinski definition) is 4. The number of carbonyl (C=O) groups is 2. The Hall–Kier alpha value is -2.11. The van der Waals surface area contributed by atoms with Crippen molar-refractivity contribution in [3.8, 4) is 5.88 Å². The Morgan fingerprint density at radius 3 is 2.50 bits per heavy atom. The molecule has 0 aliphatic carbocycles. The molecule has 0 spiro atoms. The lowest BCUT2D eigenvalue weighted by atomic mass is 9.85. The maximum Gasteiger partial charge on any atom is 0.305 e. The van der Waals surface area contributed by atoms with E-state index in [1.54, 1.807) is 19.1 Å². The Kier molecular flexibility index (Phi) is 5.07. The minimum atomic E-state index is -0.950. The van der Waals surface area contributed by atoms with Crippen LogP contribution in [0.2, 0.25) is 0 Å². The van der Waals surface area contributed by atoms with Gasteiger partial charge in [-0.1, -0.05) is 13.8 Å². The van der Waals surface area contributed by atoms with E-state index in [0.29, 0.717) is 11.4 Å². The SMILES string of the molecule is COc1ccc(C(=O)NC(C)(CC(=O)O)C(C)C)cn1. The van der Waals surface area contributed by atoms with Gasteiger partial charge < -0.3 is 15.2 Å². The van der Waals surface area contributed by atoms with Crippen molar-refractivity contribution in [3.05, 3.63) is 23.9 Å². The molecular weight excluding hydrogens is 260 g/mol.